The molecule has 3 aliphatic carbocycles. The number of benzene rings is 1. The van der Waals surface area contributed by atoms with Crippen molar-refractivity contribution in [1.29, 1.82) is 0 Å². The van der Waals surface area contributed by atoms with Crippen LogP contribution >= 0.6 is 0 Å². The van der Waals surface area contributed by atoms with E-state index < -0.39 is 98.9 Å². The van der Waals surface area contributed by atoms with Crippen LogP contribution in [0, 0.1) is 17.2 Å². The lowest BCUT2D eigenvalue weighted by molar-refractivity contribution is -0.143. The second-order valence-electron chi connectivity index (χ2n) is 15.2. The van der Waals surface area contributed by atoms with Crippen LogP contribution in [0.2, 0.25) is 0 Å². The number of nitrogens with zero attached hydrogens (tertiary/aromatic N) is 2. The van der Waals surface area contributed by atoms with Gasteiger partial charge in [-0.25, -0.2) is 31.2 Å². The number of hydrogen-bond acceptors (Lipinski definition) is 9. The van der Waals surface area contributed by atoms with Gasteiger partial charge in [-0.05, 0) is 55.6 Å². The van der Waals surface area contributed by atoms with E-state index >= 15 is 0 Å². The van der Waals surface area contributed by atoms with Crippen LogP contribution in [0.1, 0.15) is 76.8 Å². The van der Waals surface area contributed by atoms with Crippen LogP contribution in [0.3, 0.4) is 0 Å². The highest BCUT2D eigenvalue weighted by atomic mass is 32.2. The zero-order chi connectivity index (χ0) is 37.0. The van der Waals surface area contributed by atoms with Crippen molar-refractivity contribution in [3.8, 4) is 0 Å². The third kappa shape index (κ3) is 7.60. The van der Waals surface area contributed by atoms with Crippen LogP contribution in [0.4, 0.5) is 22.8 Å². The van der Waals surface area contributed by atoms with Gasteiger partial charge in [0.25, 0.3) is 5.91 Å². The molecule has 1 unspecified atom stereocenters. The molecule has 0 bridgehead atoms. The lowest BCUT2D eigenvalue weighted by Gasteiger charge is -2.36. The zero-order valence-electron chi connectivity index (χ0n) is 28.5. The van der Waals surface area contributed by atoms with E-state index in [4.69, 9.17) is 9.47 Å². The first-order chi connectivity index (χ1) is 23.9. The monoisotopic (exact) mass is 741 g/mol. The highest BCUT2D eigenvalue weighted by Gasteiger charge is 2.67. The Morgan fingerprint density at radius 2 is 1.71 bits per heavy atom. The van der Waals surface area contributed by atoms with Crippen molar-refractivity contribution in [2.45, 2.75) is 120 Å². The van der Waals surface area contributed by atoms with Gasteiger partial charge in [0.2, 0.25) is 28.3 Å². The Balaban J connectivity index is 1.23. The molecular weight excluding hydrogens is 699 g/mol. The number of sulfonamides is 1. The molecule has 0 aromatic heterocycles. The molecule has 14 nitrogen and oxygen atoms in total. The van der Waals surface area contributed by atoms with Gasteiger partial charge in [0, 0.05) is 18.5 Å². The summed E-state index contributed by atoms with van der Waals surface area (Å²) in [6, 6.07) is 1.71. The molecule has 18 heteroatoms. The van der Waals surface area contributed by atoms with Crippen molar-refractivity contribution in [1.82, 2.24) is 25.2 Å². The predicted molar refractivity (Wildman–Crippen MR) is 172 cm³/mol. The summed E-state index contributed by atoms with van der Waals surface area (Å²) in [7, 11) is -4.15. The number of rotatable bonds is 10. The Hall–Kier alpha value is -4.09. The molecule has 3 saturated carbocycles. The molecule has 4 fully saturated rings. The fraction of sp³-hybridized carbons (Fsp3) is 0.667. The average molecular weight is 742 g/mol. The Morgan fingerprint density at radius 3 is 2.27 bits per heavy atom. The van der Waals surface area contributed by atoms with Crippen LogP contribution in [-0.4, -0.2) is 96.2 Å². The third-order valence-electron chi connectivity index (χ3n) is 10.3. The van der Waals surface area contributed by atoms with E-state index in [1.54, 1.807) is 26.8 Å². The van der Waals surface area contributed by atoms with Gasteiger partial charge in [-0.3, -0.25) is 24.0 Å². The van der Waals surface area contributed by atoms with Gasteiger partial charge < -0.3 is 25.0 Å². The number of alkyl halides is 2. The van der Waals surface area contributed by atoms with Gasteiger partial charge in [-0.1, -0.05) is 32.9 Å². The summed E-state index contributed by atoms with van der Waals surface area (Å²) in [6.45, 7) is 4.64. The van der Waals surface area contributed by atoms with E-state index in [0.717, 1.165) is 11.3 Å². The van der Waals surface area contributed by atoms with Crippen molar-refractivity contribution in [3.63, 3.8) is 0 Å². The number of carbonyl (C=O) groups excluding carboxylic acids is 5. The predicted octanol–water partition coefficient (Wildman–Crippen LogP) is 2.69. The molecule has 2 heterocycles. The summed E-state index contributed by atoms with van der Waals surface area (Å²) in [5.74, 6) is -5.31. The summed E-state index contributed by atoms with van der Waals surface area (Å²) in [6.07, 6.45) is -4.21. The fourth-order valence-corrected chi connectivity index (χ4v) is 8.11. The number of alkyl carbamates (subject to hydrolysis) is 1. The Kier molecular flexibility index (Phi) is 9.69. The largest absolute Gasteiger partial charge is 0.446 e. The molecular formula is C33H42F3N5O9S. The number of hydrogen-bond donors (Lipinski definition) is 3. The molecule has 1 aromatic carbocycles. The molecule has 51 heavy (non-hydrogen) atoms. The van der Waals surface area contributed by atoms with Gasteiger partial charge in [0.15, 0.2) is 0 Å². The Morgan fingerprint density at radius 1 is 1.00 bits per heavy atom. The maximum Gasteiger partial charge on any atom is 0.410 e. The standard InChI is InChI=1S/C33H42F3N5O9S/c1-32(2,3)25(37-30(45)49-18-7-5-8-18)28(43)41-15-19(50-31(46)40-14-17-6-4-9-23(34)21(17)16-40)12-24(41)27(42)38-33(13-22(33)26(35)36)29(44)39-51(47,48)20-10-11-20/h4,6,9,18-20,22,24-26H,5,7-8,10-16H2,1-3H3,(H,37,45)(H,38,42)(H,39,44)/t19-,22+,24?,25-,33+/m1/s1. The van der Waals surface area contributed by atoms with Crippen molar-refractivity contribution in [2.75, 3.05) is 6.54 Å². The molecule has 5 atom stereocenters. The van der Waals surface area contributed by atoms with Gasteiger partial charge in [-0.15, -0.1) is 0 Å². The Labute approximate surface area is 293 Å². The highest BCUT2D eigenvalue weighted by Crippen LogP contribution is 2.48. The molecule has 0 spiro atoms. The first-order valence-electron chi connectivity index (χ1n) is 17.1. The number of likely N-dealkylation sites (tertiary alicyclic amines) is 1. The average Bonchev–Trinajstić information content (AvgIpc) is 3.92. The second-order valence-corrected chi connectivity index (χ2v) is 17.1. The molecule has 6 rings (SSSR count). The first kappa shape index (κ1) is 36.7. The van der Waals surface area contributed by atoms with Gasteiger partial charge in [0.05, 0.1) is 24.3 Å². The fourth-order valence-electron chi connectivity index (χ4n) is 6.75. The van der Waals surface area contributed by atoms with Crippen LogP contribution in [0.15, 0.2) is 18.2 Å². The lowest BCUT2D eigenvalue weighted by atomic mass is 9.85. The minimum absolute atomic E-state index is 0.0563. The minimum atomic E-state index is -4.15. The number of fused-ring (bicyclic) bond motifs is 1. The molecule has 0 radical (unpaired) electrons. The third-order valence-corrected chi connectivity index (χ3v) is 12.1. The number of amides is 5. The lowest BCUT2D eigenvalue weighted by Crippen LogP contribution is -2.60. The summed E-state index contributed by atoms with van der Waals surface area (Å²) >= 11 is 0. The summed E-state index contributed by atoms with van der Waals surface area (Å²) in [4.78, 5) is 69.8. The van der Waals surface area contributed by atoms with Crippen molar-refractivity contribution in [3.05, 3.63) is 35.1 Å². The molecule has 3 N–H and O–H groups in total. The number of halogens is 3. The van der Waals surface area contributed by atoms with Gasteiger partial charge >= 0.3 is 12.2 Å². The number of ether oxygens (including phenoxy) is 2. The SMILES string of the molecule is CC(C)(C)[C@H](NC(=O)OC1CCC1)C(=O)N1C[C@H](OC(=O)N2Cc3cccc(F)c3C2)CC1C(=O)N[C@@]1(C(=O)NS(=O)(=O)C2CC2)C[C@H]1C(F)F. The van der Waals surface area contributed by atoms with E-state index in [-0.39, 0.29) is 32.2 Å². The molecule has 1 saturated heterocycles. The summed E-state index contributed by atoms with van der Waals surface area (Å²) in [5.41, 5.74) is -2.29. The molecule has 1 aromatic rings. The molecule has 5 aliphatic rings. The van der Waals surface area contributed by atoms with E-state index in [2.05, 4.69) is 10.6 Å². The van der Waals surface area contributed by atoms with Crippen molar-refractivity contribution < 1.29 is 55.0 Å². The number of nitrogens with one attached hydrogen (secondary N) is 3. The van der Waals surface area contributed by atoms with Gasteiger partial charge in [-0.2, -0.15) is 0 Å². The molecule has 280 valence electrons. The molecule has 5 amide bonds. The van der Waals surface area contributed by atoms with Crippen LogP contribution in [-0.2, 0) is 47.0 Å². The van der Waals surface area contributed by atoms with E-state index in [0.29, 0.717) is 36.8 Å². The smallest absolute Gasteiger partial charge is 0.410 e. The van der Waals surface area contributed by atoms with E-state index in [9.17, 15) is 45.6 Å². The summed E-state index contributed by atoms with van der Waals surface area (Å²) in [5, 5.41) is 4.07. The second kappa shape index (κ2) is 13.5. The van der Waals surface area contributed by atoms with Crippen molar-refractivity contribution in [2.24, 2.45) is 11.3 Å². The van der Waals surface area contributed by atoms with Crippen LogP contribution in [0.25, 0.3) is 0 Å². The Bertz CT molecular complexity index is 1710. The minimum Gasteiger partial charge on any atom is -0.446 e. The van der Waals surface area contributed by atoms with Crippen molar-refractivity contribution >= 4 is 39.9 Å². The van der Waals surface area contributed by atoms with Crippen LogP contribution < -0.4 is 15.4 Å². The summed E-state index contributed by atoms with van der Waals surface area (Å²) < 4.78 is 80.3. The maximum absolute atomic E-state index is 14.4. The highest BCUT2D eigenvalue weighted by molar-refractivity contribution is 7.91. The van der Waals surface area contributed by atoms with E-state index in [1.165, 1.54) is 17.0 Å². The zero-order valence-corrected chi connectivity index (χ0v) is 29.3. The topological polar surface area (TPSA) is 181 Å². The quantitative estimate of drug-likeness (QED) is 0.325. The maximum atomic E-state index is 14.4. The first-order valence-corrected chi connectivity index (χ1v) is 18.6. The van der Waals surface area contributed by atoms with Gasteiger partial charge in [0.1, 0.15) is 35.6 Å². The number of carbonyl (C=O) groups is 5. The van der Waals surface area contributed by atoms with Crippen LogP contribution in [0.5, 0.6) is 0 Å². The van der Waals surface area contributed by atoms with E-state index in [1.807, 2.05) is 4.72 Å². The molecule has 2 aliphatic heterocycles. The normalized spacial score (nSPS) is 26.5.